The molecule has 1 fully saturated rings. The largest absolute Gasteiger partial charge is 0.493 e. The van der Waals surface area contributed by atoms with E-state index in [0.717, 1.165) is 43.2 Å². The van der Waals surface area contributed by atoms with Gasteiger partial charge in [-0.25, -0.2) is 0 Å². The molecule has 20 heavy (non-hydrogen) atoms. The van der Waals surface area contributed by atoms with Crippen LogP contribution in [0.1, 0.15) is 38.4 Å². The van der Waals surface area contributed by atoms with Crippen molar-refractivity contribution in [3.05, 3.63) is 24.2 Å². The first-order valence-corrected chi connectivity index (χ1v) is 7.32. The fourth-order valence-electron chi connectivity index (χ4n) is 3.02. The zero-order valence-corrected chi connectivity index (χ0v) is 12.4. The molecule has 3 heterocycles. The van der Waals surface area contributed by atoms with Crippen molar-refractivity contribution in [2.24, 2.45) is 0 Å². The van der Waals surface area contributed by atoms with E-state index in [4.69, 9.17) is 4.74 Å². The second kappa shape index (κ2) is 5.40. The molecule has 1 aliphatic heterocycles. The summed E-state index contributed by atoms with van der Waals surface area (Å²) in [4.78, 5) is 2.53. The maximum atomic E-state index is 5.35. The topological polar surface area (TPSA) is 42.7 Å². The Morgan fingerprint density at radius 3 is 2.65 bits per heavy atom. The second-order valence-electron chi connectivity index (χ2n) is 5.73. The minimum atomic E-state index is 0.493. The number of likely N-dealkylation sites (tertiary alicyclic amines) is 1. The summed E-state index contributed by atoms with van der Waals surface area (Å²) in [5.74, 6) is 2.35. The van der Waals surface area contributed by atoms with Crippen LogP contribution in [0.3, 0.4) is 0 Å². The monoisotopic (exact) mass is 274 g/mol. The SMILES string of the molecule is COc1cccn2c(C3CCN(C(C)C)CC3)nnc12. The molecule has 0 amide bonds. The highest BCUT2D eigenvalue weighted by Gasteiger charge is 2.25. The molecule has 0 radical (unpaired) electrons. The molecule has 0 N–H and O–H groups in total. The molecule has 0 aliphatic carbocycles. The fourth-order valence-corrected chi connectivity index (χ4v) is 3.02. The van der Waals surface area contributed by atoms with Crippen molar-refractivity contribution in [2.45, 2.75) is 38.6 Å². The number of piperidine rings is 1. The predicted octanol–water partition coefficient (Wildman–Crippen LogP) is 2.33. The van der Waals surface area contributed by atoms with Gasteiger partial charge >= 0.3 is 0 Å². The van der Waals surface area contributed by atoms with Gasteiger partial charge in [-0.3, -0.25) is 4.40 Å². The molecule has 0 atom stereocenters. The lowest BCUT2D eigenvalue weighted by Gasteiger charge is -2.33. The van der Waals surface area contributed by atoms with E-state index in [0.29, 0.717) is 12.0 Å². The summed E-state index contributed by atoms with van der Waals surface area (Å²) in [5, 5.41) is 8.71. The lowest BCUT2D eigenvalue weighted by molar-refractivity contribution is 0.169. The Bertz CT molecular complexity index is 585. The molecule has 2 aromatic rings. The zero-order chi connectivity index (χ0) is 14.1. The quantitative estimate of drug-likeness (QED) is 0.861. The number of fused-ring (bicyclic) bond motifs is 1. The van der Waals surface area contributed by atoms with Crippen LogP contribution in [0.4, 0.5) is 0 Å². The number of hydrogen-bond donors (Lipinski definition) is 0. The average Bonchev–Trinajstić information content (AvgIpc) is 2.91. The van der Waals surface area contributed by atoms with Gasteiger partial charge in [0.05, 0.1) is 7.11 Å². The first-order valence-electron chi connectivity index (χ1n) is 7.32. The van der Waals surface area contributed by atoms with Crippen LogP contribution in [0.25, 0.3) is 5.65 Å². The molecule has 0 aromatic carbocycles. The summed E-state index contributed by atoms with van der Waals surface area (Å²) in [6.45, 7) is 6.80. The molecule has 0 bridgehead atoms. The van der Waals surface area contributed by atoms with Crippen molar-refractivity contribution < 1.29 is 4.74 Å². The number of ether oxygens (including phenoxy) is 1. The van der Waals surface area contributed by atoms with E-state index in [1.807, 2.05) is 18.3 Å². The molecule has 1 saturated heterocycles. The van der Waals surface area contributed by atoms with Crippen LogP contribution >= 0.6 is 0 Å². The van der Waals surface area contributed by atoms with Crippen molar-refractivity contribution in [3.63, 3.8) is 0 Å². The number of pyridine rings is 1. The maximum Gasteiger partial charge on any atom is 0.203 e. The summed E-state index contributed by atoms with van der Waals surface area (Å²) in [7, 11) is 1.67. The molecule has 3 rings (SSSR count). The smallest absolute Gasteiger partial charge is 0.203 e. The Balaban J connectivity index is 1.85. The van der Waals surface area contributed by atoms with Crippen LogP contribution in [0, 0.1) is 0 Å². The van der Waals surface area contributed by atoms with Gasteiger partial charge in [0, 0.05) is 18.2 Å². The Morgan fingerprint density at radius 1 is 1.25 bits per heavy atom. The summed E-state index contributed by atoms with van der Waals surface area (Å²) in [6.07, 6.45) is 4.33. The highest BCUT2D eigenvalue weighted by molar-refractivity contribution is 5.53. The molecule has 0 saturated carbocycles. The van der Waals surface area contributed by atoms with E-state index in [1.165, 1.54) is 0 Å². The zero-order valence-electron chi connectivity index (χ0n) is 12.4. The van der Waals surface area contributed by atoms with Gasteiger partial charge in [0.15, 0.2) is 5.75 Å². The summed E-state index contributed by atoms with van der Waals surface area (Å²) in [5.41, 5.74) is 0.816. The van der Waals surface area contributed by atoms with Gasteiger partial charge in [0.1, 0.15) is 5.82 Å². The van der Waals surface area contributed by atoms with Gasteiger partial charge < -0.3 is 9.64 Å². The first kappa shape index (κ1) is 13.4. The van der Waals surface area contributed by atoms with Crippen LogP contribution < -0.4 is 4.74 Å². The van der Waals surface area contributed by atoms with Crippen LogP contribution in [-0.4, -0.2) is 45.7 Å². The van der Waals surface area contributed by atoms with Gasteiger partial charge in [-0.15, -0.1) is 10.2 Å². The highest BCUT2D eigenvalue weighted by atomic mass is 16.5. The Morgan fingerprint density at radius 2 is 2.00 bits per heavy atom. The van der Waals surface area contributed by atoms with E-state index in [1.54, 1.807) is 7.11 Å². The molecule has 5 heteroatoms. The fraction of sp³-hybridized carbons (Fsp3) is 0.600. The number of methoxy groups -OCH3 is 1. The normalized spacial score (nSPS) is 18.0. The summed E-state index contributed by atoms with van der Waals surface area (Å²) in [6, 6.07) is 4.54. The van der Waals surface area contributed by atoms with Gasteiger partial charge in [-0.2, -0.15) is 0 Å². The van der Waals surface area contributed by atoms with Crippen molar-refractivity contribution >= 4 is 5.65 Å². The average molecular weight is 274 g/mol. The van der Waals surface area contributed by atoms with E-state index < -0.39 is 0 Å². The molecule has 2 aromatic heterocycles. The van der Waals surface area contributed by atoms with Crippen molar-refractivity contribution in [1.29, 1.82) is 0 Å². The number of nitrogens with zero attached hydrogens (tertiary/aromatic N) is 4. The van der Waals surface area contributed by atoms with E-state index in [-0.39, 0.29) is 0 Å². The first-order chi connectivity index (χ1) is 9.70. The van der Waals surface area contributed by atoms with E-state index >= 15 is 0 Å². The van der Waals surface area contributed by atoms with Crippen LogP contribution in [-0.2, 0) is 0 Å². The molecule has 108 valence electrons. The van der Waals surface area contributed by atoms with Crippen molar-refractivity contribution in [1.82, 2.24) is 19.5 Å². The van der Waals surface area contributed by atoms with Crippen LogP contribution in [0.5, 0.6) is 5.75 Å². The molecule has 5 nitrogen and oxygen atoms in total. The Hall–Kier alpha value is -1.62. The lowest BCUT2D eigenvalue weighted by atomic mass is 9.95. The third-order valence-electron chi connectivity index (χ3n) is 4.27. The van der Waals surface area contributed by atoms with Crippen molar-refractivity contribution in [2.75, 3.05) is 20.2 Å². The standard InChI is InChI=1S/C15H22N4O/c1-11(2)18-9-6-12(7-10-18)14-16-17-15-13(20-3)5-4-8-19(14)15/h4-5,8,11-12H,6-7,9-10H2,1-3H3. The van der Waals surface area contributed by atoms with Gasteiger partial charge in [0.25, 0.3) is 0 Å². The number of hydrogen-bond acceptors (Lipinski definition) is 4. The highest BCUT2D eigenvalue weighted by Crippen LogP contribution is 2.29. The second-order valence-corrected chi connectivity index (χ2v) is 5.73. The molecule has 0 spiro atoms. The lowest BCUT2D eigenvalue weighted by Crippen LogP contribution is -2.38. The number of aromatic nitrogens is 3. The molecule has 0 unspecified atom stereocenters. The van der Waals surface area contributed by atoms with E-state index in [9.17, 15) is 0 Å². The maximum absolute atomic E-state index is 5.35. The molecular formula is C15H22N4O. The van der Waals surface area contributed by atoms with Gasteiger partial charge in [-0.1, -0.05) is 0 Å². The predicted molar refractivity (Wildman–Crippen MR) is 78.2 cm³/mol. The number of rotatable bonds is 3. The summed E-state index contributed by atoms with van der Waals surface area (Å²) >= 11 is 0. The molecule has 1 aliphatic rings. The van der Waals surface area contributed by atoms with Crippen LogP contribution in [0.2, 0.25) is 0 Å². The van der Waals surface area contributed by atoms with Crippen LogP contribution in [0.15, 0.2) is 18.3 Å². The third kappa shape index (κ3) is 2.26. The van der Waals surface area contributed by atoms with Gasteiger partial charge in [0.2, 0.25) is 5.65 Å². The third-order valence-corrected chi connectivity index (χ3v) is 4.27. The Kier molecular flexibility index (Phi) is 3.61. The minimum absolute atomic E-state index is 0.493. The van der Waals surface area contributed by atoms with E-state index in [2.05, 4.69) is 33.3 Å². The molecular weight excluding hydrogens is 252 g/mol. The summed E-state index contributed by atoms with van der Waals surface area (Å²) < 4.78 is 7.42. The minimum Gasteiger partial charge on any atom is -0.493 e. The Labute approximate surface area is 119 Å². The van der Waals surface area contributed by atoms with Crippen molar-refractivity contribution in [3.8, 4) is 5.75 Å². The van der Waals surface area contributed by atoms with Gasteiger partial charge in [-0.05, 0) is 51.9 Å².